The number of rotatable bonds is 7. The molecule has 0 saturated heterocycles. The largest absolute Gasteiger partial charge is 0.476 e. The Morgan fingerprint density at radius 3 is 2.45 bits per heavy atom. The second-order valence-electron chi connectivity index (χ2n) is 9.48. The van der Waals surface area contributed by atoms with Gasteiger partial charge in [-0.1, -0.05) is 11.6 Å². The fraction of sp³-hybridized carbons (Fsp3) is 0.296. The Bertz CT molecular complexity index is 1690. The average Bonchev–Trinajstić information content (AvgIpc) is 2.86. The number of fused-ring (bicyclic) bond motifs is 1. The first-order chi connectivity index (χ1) is 18.7. The summed E-state index contributed by atoms with van der Waals surface area (Å²) in [4.78, 5) is 37.8. The average molecular weight is 576 g/mol. The number of carboxylic acid groups (broad SMARTS) is 1. The summed E-state index contributed by atoms with van der Waals surface area (Å²) < 4.78 is 48.1. The zero-order valence-corrected chi connectivity index (χ0v) is 22.8. The number of hydrogen-bond acceptors (Lipinski definition) is 7. The van der Waals surface area contributed by atoms with Crippen LogP contribution in [0.3, 0.4) is 0 Å². The van der Waals surface area contributed by atoms with E-state index < -0.39 is 35.0 Å². The first-order valence-corrected chi connectivity index (χ1v) is 12.5. The monoisotopic (exact) mass is 575 g/mol. The summed E-state index contributed by atoms with van der Waals surface area (Å²) in [5.74, 6) is -0.973. The minimum absolute atomic E-state index is 0.00362. The summed E-state index contributed by atoms with van der Waals surface area (Å²) in [5.41, 5.74) is -0.668. The molecule has 0 radical (unpaired) electrons. The third kappa shape index (κ3) is 5.71. The van der Waals surface area contributed by atoms with E-state index in [2.05, 4.69) is 20.3 Å². The molecule has 0 saturated carbocycles. The maximum absolute atomic E-state index is 13.9. The number of alkyl halides is 3. The highest BCUT2D eigenvalue weighted by Crippen LogP contribution is 2.34. The van der Waals surface area contributed by atoms with Crippen molar-refractivity contribution in [2.45, 2.75) is 52.9 Å². The Hall–Kier alpha value is -4.19. The van der Waals surface area contributed by atoms with Crippen LogP contribution in [0.5, 0.6) is 5.88 Å². The highest BCUT2D eigenvalue weighted by Gasteiger charge is 2.33. The van der Waals surface area contributed by atoms with Gasteiger partial charge in [0.2, 0.25) is 5.88 Å². The number of hydrogen-bond donors (Lipinski definition) is 2. The highest BCUT2D eigenvalue weighted by molar-refractivity contribution is 6.29. The van der Waals surface area contributed by atoms with Gasteiger partial charge in [0.1, 0.15) is 10.8 Å². The van der Waals surface area contributed by atoms with Gasteiger partial charge >= 0.3 is 12.1 Å². The number of pyridine rings is 3. The van der Waals surface area contributed by atoms with E-state index in [4.69, 9.17) is 16.3 Å². The van der Waals surface area contributed by atoms with Crippen molar-refractivity contribution in [3.63, 3.8) is 0 Å². The van der Waals surface area contributed by atoms with Crippen molar-refractivity contribution in [1.82, 2.24) is 19.4 Å². The van der Waals surface area contributed by atoms with Crippen molar-refractivity contribution in [2.75, 3.05) is 5.32 Å². The third-order valence-corrected chi connectivity index (χ3v) is 6.27. The zero-order chi connectivity index (χ0) is 29.5. The van der Waals surface area contributed by atoms with Gasteiger partial charge in [-0.05, 0) is 58.9 Å². The lowest BCUT2D eigenvalue weighted by Crippen LogP contribution is -2.24. The van der Waals surface area contributed by atoms with Gasteiger partial charge in [-0.15, -0.1) is 0 Å². The summed E-state index contributed by atoms with van der Waals surface area (Å²) in [6.07, 6.45) is -2.69. The molecule has 13 heteroatoms. The van der Waals surface area contributed by atoms with Gasteiger partial charge in [0.15, 0.2) is 5.69 Å². The molecule has 0 aliphatic rings. The first-order valence-electron chi connectivity index (χ1n) is 12.1. The molecular formula is C27H25ClF3N5O4. The van der Waals surface area contributed by atoms with Crippen LogP contribution in [0.15, 0.2) is 41.5 Å². The maximum Gasteiger partial charge on any atom is 0.417 e. The molecule has 0 fully saturated rings. The summed E-state index contributed by atoms with van der Waals surface area (Å²) in [6, 6.07) is 4.38. The Labute approximate surface area is 231 Å². The number of ether oxygens (including phenoxy) is 1. The molecule has 0 amide bonds. The van der Waals surface area contributed by atoms with Gasteiger partial charge in [-0.2, -0.15) is 13.2 Å². The predicted molar refractivity (Wildman–Crippen MR) is 143 cm³/mol. The number of aromatic nitrogens is 4. The normalized spacial score (nSPS) is 12.6. The summed E-state index contributed by atoms with van der Waals surface area (Å²) in [7, 11) is 0. The van der Waals surface area contributed by atoms with E-state index in [1.807, 2.05) is 13.8 Å². The molecule has 0 aliphatic carbocycles. The number of anilines is 1. The quantitative estimate of drug-likeness (QED) is 0.254. The molecule has 4 aromatic heterocycles. The van der Waals surface area contributed by atoms with Gasteiger partial charge in [0, 0.05) is 34.6 Å². The van der Waals surface area contributed by atoms with Gasteiger partial charge < -0.3 is 15.2 Å². The van der Waals surface area contributed by atoms with E-state index in [1.54, 1.807) is 13.0 Å². The highest BCUT2D eigenvalue weighted by atomic mass is 35.5. The van der Waals surface area contributed by atoms with E-state index >= 15 is 0 Å². The number of halogens is 4. The molecule has 4 aromatic rings. The zero-order valence-electron chi connectivity index (χ0n) is 22.1. The van der Waals surface area contributed by atoms with Crippen molar-refractivity contribution in [1.29, 1.82) is 0 Å². The molecular weight excluding hydrogens is 551 g/mol. The third-order valence-electron chi connectivity index (χ3n) is 6.06. The van der Waals surface area contributed by atoms with Crippen LogP contribution in [-0.4, -0.2) is 36.5 Å². The smallest absolute Gasteiger partial charge is 0.417 e. The molecule has 0 aliphatic heterocycles. The fourth-order valence-electron chi connectivity index (χ4n) is 4.17. The number of carboxylic acids is 1. The van der Waals surface area contributed by atoms with E-state index in [1.165, 1.54) is 32.2 Å². The van der Waals surface area contributed by atoms with E-state index in [9.17, 15) is 27.9 Å². The number of aryl methyl sites for hydroxylation is 1. The van der Waals surface area contributed by atoms with Crippen LogP contribution in [-0.2, 0) is 6.18 Å². The summed E-state index contributed by atoms with van der Waals surface area (Å²) in [5, 5.41) is 12.3. The van der Waals surface area contributed by atoms with Crippen LogP contribution < -0.4 is 15.6 Å². The van der Waals surface area contributed by atoms with Crippen LogP contribution >= 0.6 is 11.6 Å². The molecule has 40 heavy (non-hydrogen) atoms. The molecule has 1 atom stereocenters. The van der Waals surface area contributed by atoms with Crippen molar-refractivity contribution >= 4 is 28.9 Å². The lowest BCUT2D eigenvalue weighted by molar-refractivity contribution is -0.137. The molecule has 0 bridgehead atoms. The second kappa shape index (κ2) is 10.8. The van der Waals surface area contributed by atoms with Gasteiger partial charge in [-0.3, -0.25) is 9.20 Å². The Kier molecular flexibility index (Phi) is 7.75. The van der Waals surface area contributed by atoms with E-state index in [0.29, 0.717) is 23.2 Å². The van der Waals surface area contributed by atoms with Crippen LogP contribution in [0.1, 0.15) is 59.6 Å². The first kappa shape index (κ1) is 28.8. The summed E-state index contributed by atoms with van der Waals surface area (Å²) in [6.45, 7) is 8.49. The lowest BCUT2D eigenvalue weighted by atomic mass is 10.0. The van der Waals surface area contributed by atoms with Gasteiger partial charge in [0.05, 0.1) is 29.1 Å². The Morgan fingerprint density at radius 2 is 1.85 bits per heavy atom. The molecule has 4 rings (SSSR count). The van der Waals surface area contributed by atoms with Crippen molar-refractivity contribution in [2.24, 2.45) is 0 Å². The molecule has 0 aromatic carbocycles. The Balaban J connectivity index is 1.93. The number of carbonyl (C=O) groups is 1. The van der Waals surface area contributed by atoms with E-state index in [0.717, 1.165) is 10.5 Å². The SMILES string of the molecule is Cc1cc(-c2nc3c([C@@H](C)Nc4ccc(Cl)nc4C(=O)O)cc(C(F)(F)F)cn3c(=O)c2C)cnc1OC(C)C. The maximum atomic E-state index is 13.9. The molecule has 210 valence electrons. The van der Waals surface area contributed by atoms with Crippen molar-refractivity contribution in [3.8, 4) is 17.1 Å². The van der Waals surface area contributed by atoms with Crippen molar-refractivity contribution in [3.05, 3.63) is 80.1 Å². The lowest BCUT2D eigenvalue weighted by Gasteiger charge is -2.21. The topological polar surface area (TPSA) is 119 Å². The minimum atomic E-state index is -4.77. The van der Waals surface area contributed by atoms with Crippen LogP contribution in [0.25, 0.3) is 16.9 Å². The van der Waals surface area contributed by atoms with Crippen LogP contribution in [0.2, 0.25) is 5.15 Å². The van der Waals surface area contributed by atoms with Crippen LogP contribution in [0, 0.1) is 13.8 Å². The van der Waals surface area contributed by atoms with Crippen LogP contribution in [0.4, 0.5) is 18.9 Å². The van der Waals surface area contributed by atoms with Gasteiger partial charge in [0.25, 0.3) is 5.56 Å². The van der Waals surface area contributed by atoms with E-state index in [-0.39, 0.29) is 39.4 Å². The number of nitrogens with one attached hydrogen (secondary N) is 1. The Morgan fingerprint density at radius 1 is 1.15 bits per heavy atom. The molecule has 2 N–H and O–H groups in total. The molecule has 9 nitrogen and oxygen atoms in total. The molecule has 0 unspecified atom stereocenters. The molecule has 0 spiro atoms. The number of nitrogens with zero attached hydrogens (tertiary/aromatic N) is 4. The predicted octanol–water partition coefficient (Wildman–Crippen LogP) is 6.10. The van der Waals surface area contributed by atoms with Crippen molar-refractivity contribution < 1.29 is 27.8 Å². The second-order valence-corrected chi connectivity index (χ2v) is 9.87. The van der Waals surface area contributed by atoms with Gasteiger partial charge in [-0.25, -0.2) is 19.7 Å². The minimum Gasteiger partial charge on any atom is -0.476 e. The summed E-state index contributed by atoms with van der Waals surface area (Å²) >= 11 is 5.83. The molecule has 4 heterocycles. The number of aromatic carboxylic acids is 1. The fourth-order valence-corrected chi connectivity index (χ4v) is 4.32. The standard InChI is InChI=1S/C27H25ClF3N5O4/c1-12(2)40-24-13(3)8-16(10-32-24)21-14(4)25(37)36-11-17(27(29,30)31)9-18(23(36)35-21)15(5)33-19-6-7-20(28)34-22(19)26(38)39/h6-12,15,33H,1-5H3,(H,38,39)/t15-/m1/s1.